The van der Waals surface area contributed by atoms with Crippen molar-refractivity contribution in [2.45, 2.75) is 51.2 Å². The summed E-state index contributed by atoms with van der Waals surface area (Å²) in [6.45, 7) is 6.42. The quantitative estimate of drug-likeness (QED) is 0.385. The minimum Gasteiger partial charge on any atom is -0.298 e. The highest BCUT2D eigenvalue weighted by Crippen LogP contribution is 2.20. The summed E-state index contributed by atoms with van der Waals surface area (Å²) in [7, 11) is 1.86. The number of unbranched alkanes of at least 4 members (excludes halogenated alkanes) is 1. The lowest BCUT2D eigenvalue weighted by Crippen LogP contribution is -2.09. The Morgan fingerprint density at radius 3 is 2.33 bits per heavy atom. The molecule has 12 heavy (non-hydrogen) atoms. The lowest BCUT2D eigenvalue weighted by Gasteiger charge is -2.16. The van der Waals surface area contributed by atoms with Gasteiger partial charge in [-0.1, -0.05) is 20.3 Å². The third-order valence-electron chi connectivity index (χ3n) is 1.96. The first-order valence-corrected chi connectivity index (χ1v) is 5.05. The summed E-state index contributed by atoms with van der Waals surface area (Å²) >= 11 is 4.47. The van der Waals surface area contributed by atoms with Gasteiger partial charge in [0.05, 0.1) is 0 Å². The van der Waals surface area contributed by atoms with Crippen molar-refractivity contribution in [2.75, 3.05) is 7.05 Å². The minimum absolute atomic E-state index is 0.192. The Labute approximate surface area is 82.1 Å². The van der Waals surface area contributed by atoms with Crippen molar-refractivity contribution in [1.82, 2.24) is 0 Å². The van der Waals surface area contributed by atoms with E-state index in [0.717, 1.165) is 6.42 Å². The molecule has 0 N–H and O–H groups in total. The molecule has 0 aromatic heterocycles. The zero-order valence-corrected chi connectivity index (χ0v) is 9.62. The Kier molecular flexibility index (Phi) is 5.64. The summed E-state index contributed by atoms with van der Waals surface area (Å²) in [6, 6.07) is 0. The third kappa shape index (κ3) is 8.12. The highest BCUT2D eigenvalue weighted by atomic mass is 32.1. The highest BCUT2D eigenvalue weighted by Gasteiger charge is 2.09. The highest BCUT2D eigenvalue weighted by molar-refractivity contribution is 7.81. The fourth-order valence-corrected chi connectivity index (χ4v) is 1.21. The standard InChI is InChI=1S/C10H21NS/c1-9(11-4)7-5-6-8-10(2,3)12/h12H,5-8H2,1-4H3/b11-9+. The van der Waals surface area contributed by atoms with E-state index in [-0.39, 0.29) is 4.75 Å². The average Bonchev–Trinajstić information content (AvgIpc) is 1.96. The zero-order chi connectivity index (χ0) is 9.61. The van der Waals surface area contributed by atoms with Gasteiger partial charge in [0.25, 0.3) is 0 Å². The Balaban J connectivity index is 3.34. The maximum Gasteiger partial charge on any atom is 0.0276 e. The molecule has 0 aliphatic carbocycles. The van der Waals surface area contributed by atoms with Crippen molar-refractivity contribution in [3.63, 3.8) is 0 Å². The molecule has 0 heterocycles. The molecule has 0 radical (unpaired) electrons. The number of nitrogens with zero attached hydrogens (tertiary/aromatic N) is 1. The average molecular weight is 187 g/mol. The summed E-state index contributed by atoms with van der Waals surface area (Å²) in [4.78, 5) is 4.12. The van der Waals surface area contributed by atoms with Gasteiger partial charge in [0.15, 0.2) is 0 Å². The monoisotopic (exact) mass is 187 g/mol. The van der Waals surface area contributed by atoms with Gasteiger partial charge in [0.2, 0.25) is 0 Å². The Bertz CT molecular complexity index is 144. The first kappa shape index (κ1) is 12.0. The van der Waals surface area contributed by atoms with Gasteiger partial charge in [-0.2, -0.15) is 12.6 Å². The summed E-state index contributed by atoms with van der Waals surface area (Å²) in [5, 5.41) is 0. The molecule has 0 rings (SSSR count). The third-order valence-corrected chi connectivity index (χ3v) is 2.18. The van der Waals surface area contributed by atoms with Crippen LogP contribution >= 0.6 is 12.6 Å². The normalized spacial score (nSPS) is 13.6. The summed E-state index contributed by atoms with van der Waals surface area (Å²) in [5.74, 6) is 0. The van der Waals surface area contributed by atoms with Crippen LogP contribution < -0.4 is 0 Å². The van der Waals surface area contributed by atoms with Crippen molar-refractivity contribution in [1.29, 1.82) is 0 Å². The minimum atomic E-state index is 0.192. The lowest BCUT2D eigenvalue weighted by molar-refractivity contribution is 0.588. The van der Waals surface area contributed by atoms with Gasteiger partial charge < -0.3 is 0 Å². The van der Waals surface area contributed by atoms with Crippen molar-refractivity contribution < 1.29 is 0 Å². The van der Waals surface area contributed by atoms with E-state index in [1.165, 1.54) is 25.0 Å². The molecular formula is C10H21NS. The van der Waals surface area contributed by atoms with Gasteiger partial charge >= 0.3 is 0 Å². The van der Waals surface area contributed by atoms with Gasteiger partial charge in [-0.3, -0.25) is 4.99 Å². The molecule has 0 unspecified atom stereocenters. The Hall–Kier alpha value is 0.0200. The molecule has 0 bridgehead atoms. The van der Waals surface area contributed by atoms with E-state index in [0.29, 0.717) is 0 Å². The molecule has 2 heteroatoms. The SMILES string of the molecule is C/N=C(\C)CCCCC(C)(C)S. The molecule has 0 aromatic rings. The second-order valence-electron chi connectivity index (χ2n) is 3.98. The topological polar surface area (TPSA) is 12.4 Å². The van der Waals surface area contributed by atoms with E-state index < -0.39 is 0 Å². The van der Waals surface area contributed by atoms with E-state index in [9.17, 15) is 0 Å². The van der Waals surface area contributed by atoms with Crippen molar-refractivity contribution in [3.05, 3.63) is 0 Å². The molecule has 0 atom stereocenters. The van der Waals surface area contributed by atoms with Gasteiger partial charge in [0, 0.05) is 17.5 Å². The van der Waals surface area contributed by atoms with Gasteiger partial charge in [-0.05, 0) is 26.2 Å². The summed E-state index contributed by atoms with van der Waals surface area (Å²) in [6.07, 6.45) is 4.82. The van der Waals surface area contributed by atoms with Crippen LogP contribution in [-0.4, -0.2) is 17.5 Å². The van der Waals surface area contributed by atoms with E-state index in [1.54, 1.807) is 0 Å². The largest absolute Gasteiger partial charge is 0.298 e. The predicted molar refractivity (Wildman–Crippen MR) is 60.6 cm³/mol. The maximum absolute atomic E-state index is 4.47. The molecule has 0 fully saturated rings. The molecule has 0 aliphatic rings. The number of rotatable bonds is 5. The number of aliphatic imine (C=N–C) groups is 1. The molecule has 0 saturated carbocycles. The van der Waals surface area contributed by atoms with Crippen molar-refractivity contribution in [2.24, 2.45) is 4.99 Å². The number of hydrogen-bond acceptors (Lipinski definition) is 2. The van der Waals surface area contributed by atoms with Crippen LogP contribution in [0.4, 0.5) is 0 Å². The smallest absolute Gasteiger partial charge is 0.0276 e. The maximum atomic E-state index is 4.47. The summed E-state index contributed by atoms with van der Waals surface area (Å²) in [5.41, 5.74) is 1.26. The van der Waals surface area contributed by atoms with Crippen LogP contribution in [0.15, 0.2) is 4.99 Å². The predicted octanol–water partition coefficient (Wildman–Crippen LogP) is 3.35. The van der Waals surface area contributed by atoms with Gasteiger partial charge in [-0.25, -0.2) is 0 Å². The molecule has 72 valence electrons. The summed E-state index contributed by atoms with van der Waals surface area (Å²) < 4.78 is 0.192. The van der Waals surface area contributed by atoms with Crippen molar-refractivity contribution in [3.8, 4) is 0 Å². The van der Waals surface area contributed by atoms with Crippen LogP contribution in [0.2, 0.25) is 0 Å². The first-order valence-electron chi connectivity index (χ1n) is 4.60. The van der Waals surface area contributed by atoms with Gasteiger partial charge in [-0.15, -0.1) is 0 Å². The second kappa shape index (κ2) is 5.63. The van der Waals surface area contributed by atoms with Crippen LogP contribution in [0.1, 0.15) is 46.5 Å². The van der Waals surface area contributed by atoms with Gasteiger partial charge in [0.1, 0.15) is 0 Å². The van der Waals surface area contributed by atoms with E-state index in [2.05, 4.69) is 38.4 Å². The Morgan fingerprint density at radius 2 is 1.92 bits per heavy atom. The van der Waals surface area contributed by atoms with Crippen LogP contribution in [0, 0.1) is 0 Å². The van der Waals surface area contributed by atoms with Crippen LogP contribution in [0.3, 0.4) is 0 Å². The molecule has 0 aliphatic heterocycles. The molecule has 0 saturated heterocycles. The molecular weight excluding hydrogens is 166 g/mol. The Morgan fingerprint density at radius 1 is 1.33 bits per heavy atom. The van der Waals surface area contributed by atoms with Crippen LogP contribution in [0.25, 0.3) is 0 Å². The van der Waals surface area contributed by atoms with Crippen molar-refractivity contribution >= 4 is 18.3 Å². The number of thiol groups is 1. The fraction of sp³-hybridized carbons (Fsp3) is 0.900. The molecule has 0 aromatic carbocycles. The zero-order valence-electron chi connectivity index (χ0n) is 8.72. The number of hydrogen-bond donors (Lipinski definition) is 1. The lowest BCUT2D eigenvalue weighted by atomic mass is 10.0. The molecule has 0 spiro atoms. The fourth-order valence-electron chi connectivity index (χ4n) is 1.05. The van der Waals surface area contributed by atoms with Crippen LogP contribution in [0.5, 0.6) is 0 Å². The van der Waals surface area contributed by atoms with E-state index in [4.69, 9.17) is 0 Å². The second-order valence-corrected chi connectivity index (χ2v) is 5.19. The van der Waals surface area contributed by atoms with Crippen LogP contribution in [-0.2, 0) is 0 Å². The molecule has 1 nitrogen and oxygen atoms in total. The molecule has 0 amide bonds. The van der Waals surface area contributed by atoms with E-state index in [1.807, 2.05) is 7.05 Å². The van der Waals surface area contributed by atoms with E-state index >= 15 is 0 Å². The first-order chi connectivity index (χ1) is 5.45.